The Bertz CT molecular complexity index is 618. The number of carbonyl (C=O) groups excluding carboxylic acids is 1. The summed E-state index contributed by atoms with van der Waals surface area (Å²) in [6, 6.07) is 5.95. The fourth-order valence-electron chi connectivity index (χ4n) is 2.55. The average Bonchev–Trinajstić information content (AvgIpc) is 2.47. The molecule has 0 aromatic heterocycles. The molecule has 1 aliphatic rings. The number of nitriles is 1. The van der Waals surface area contributed by atoms with Crippen molar-refractivity contribution in [2.24, 2.45) is 0 Å². The van der Waals surface area contributed by atoms with Gasteiger partial charge in [0.25, 0.3) is 11.6 Å². The van der Waals surface area contributed by atoms with Crippen LogP contribution in [0.4, 0.5) is 5.69 Å². The lowest BCUT2D eigenvalue weighted by molar-refractivity contribution is -0.385. The summed E-state index contributed by atoms with van der Waals surface area (Å²) in [7, 11) is 0. The van der Waals surface area contributed by atoms with Gasteiger partial charge in [0.1, 0.15) is 11.1 Å². The van der Waals surface area contributed by atoms with Gasteiger partial charge in [-0.3, -0.25) is 14.9 Å². The molecule has 1 aromatic carbocycles. The van der Waals surface area contributed by atoms with Crippen molar-refractivity contribution in [3.8, 4) is 6.07 Å². The third kappa shape index (κ3) is 3.31. The average molecular weight is 308 g/mol. The van der Waals surface area contributed by atoms with Gasteiger partial charge in [-0.1, -0.05) is 30.9 Å². The summed E-state index contributed by atoms with van der Waals surface area (Å²) in [6.07, 6.45) is 3.85. The molecule has 2 rings (SSSR count). The second kappa shape index (κ2) is 6.10. The quantitative estimate of drug-likeness (QED) is 0.685. The largest absolute Gasteiger partial charge is 0.333 e. The number of carbonyl (C=O) groups is 1. The lowest BCUT2D eigenvalue weighted by Gasteiger charge is -2.31. The monoisotopic (exact) mass is 307 g/mol. The van der Waals surface area contributed by atoms with Crippen LogP contribution in [0.5, 0.6) is 0 Å². The summed E-state index contributed by atoms with van der Waals surface area (Å²) >= 11 is 5.81. The van der Waals surface area contributed by atoms with Crippen LogP contribution in [0.3, 0.4) is 0 Å². The number of halogens is 1. The molecule has 110 valence electrons. The molecule has 6 nitrogen and oxygen atoms in total. The molecule has 0 radical (unpaired) electrons. The van der Waals surface area contributed by atoms with Crippen LogP contribution in [0, 0.1) is 21.4 Å². The van der Waals surface area contributed by atoms with E-state index in [-0.39, 0.29) is 16.3 Å². The molecule has 0 spiro atoms. The molecule has 1 N–H and O–H groups in total. The molecule has 7 heteroatoms. The molecule has 1 aromatic rings. The van der Waals surface area contributed by atoms with Gasteiger partial charge in [-0.05, 0) is 25.0 Å². The van der Waals surface area contributed by atoms with Gasteiger partial charge in [0, 0.05) is 11.1 Å². The SMILES string of the molecule is N#CC1(NC(=O)c2cc(Cl)ccc2[N+](=O)[O-])CCCCC1. The molecule has 21 heavy (non-hydrogen) atoms. The molecule has 0 unspecified atom stereocenters. The van der Waals surface area contributed by atoms with E-state index in [0.29, 0.717) is 12.8 Å². The highest BCUT2D eigenvalue weighted by Crippen LogP contribution is 2.29. The van der Waals surface area contributed by atoms with Crippen LogP contribution in [0.1, 0.15) is 42.5 Å². The highest BCUT2D eigenvalue weighted by molar-refractivity contribution is 6.31. The Labute approximate surface area is 126 Å². The van der Waals surface area contributed by atoms with Crippen LogP contribution in [0.15, 0.2) is 18.2 Å². The van der Waals surface area contributed by atoms with E-state index in [4.69, 9.17) is 11.6 Å². The molecule has 0 bridgehead atoms. The van der Waals surface area contributed by atoms with Crippen molar-refractivity contribution in [3.63, 3.8) is 0 Å². The van der Waals surface area contributed by atoms with Gasteiger partial charge >= 0.3 is 0 Å². The summed E-state index contributed by atoms with van der Waals surface area (Å²) in [5.41, 5.74) is -1.38. The fourth-order valence-corrected chi connectivity index (χ4v) is 2.73. The van der Waals surface area contributed by atoms with Gasteiger partial charge in [-0.25, -0.2) is 0 Å². The Morgan fingerprint density at radius 2 is 2.05 bits per heavy atom. The van der Waals surface area contributed by atoms with Crippen LogP contribution < -0.4 is 5.32 Å². The minimum Gasteiger partial charge on any atom is -0.333 e. The number of benzene rings is 1. The molecule has 1 saturated carbocycles. The van der Waals surface area contributed by atoms with Crippen molar-refractivity contribution < 1.29 is 9.72 Å². The minimum atomic E-state index is -0.939. The number of nitrogens with one attached hydrogen (secondary N) is 1. The topological polar surface area (TPSA) is 96.0 Å². The Kier molecular flexibility index (Phi) is 4.43. The zero-order valence-electron chi connectivity index (χ0n) is 11.3. The van der Waals surface area contributed by atoms with E-state index in [2.05, 4.69) is 11.4 Å². The highest BCUT2D eigenvalue weighted by Gasteiger charge is 2.35. The van der Waals surface area contributed by atoms with Gasteiger partial charge in [0.05, 0.1) is 11.0 Å². The number of nitrogens with zero attached hydrogens (tertiary/aromatic N) is 2. The first-order valence-electron chi connectivity index (χ1n) is 6.65. The van der Waals surface area contributed by atoms with Gasteiger partial charge < -0.3 is 5.32 Å². The third-order valence-electron chi connectivity index (χ3n) is 3.67. The van der Waals surface area contributed by atoms with Gasteiger partial charge in [-0.15, -0.1) is 0 Å². The first kappa shape index (κ1) is 15.3. The molecule has 0 heterocycles. The third-order valence-corrected chi connectivity index (χ3v) is 3.91. The smallest absolute Gasteiger partial charge is 0.282 e. The van der Waals surface area contributed by atoms with Gasteiger partial charge in [0.15, 0.2) is 0 Å². The number of nitro benzene ring substituents is 1. The highest BCUT2D eigenvalue weighted by atomic mass is 35.5. The van der Waals surface area contributed by atoms with Crippen LogP contribution in [-0.2, 0) is 0 Å². The molecule has 0 atom stereocenters. The summed E-state index contributed by atoms with van der Waals surface area (Å²) in [6.45, 7) is 0. The summed E-state index contributed by atoms with van der Waals surface area (Å²) in [5, 5.41) is 23.2. The molecular formula is C14H14ClN3O3. The van der Waals surface area contributed by atoms with E-state index in [1.807, 2.05) is 0 Å². The minimum absolute atomic E-state index is 0.118. The van der Waals surface area contributed by atoms with Gasteiger partial charge in [-0.2, -0.15) is 5.26 Å². The number of hydrogen-bond acceptors (Lipinski definition) is 4. The Hall–Kier alpha value is -2.13. The van der Waals surface area contributed by atoms with Crippen LogP contribution >= 0.6 is 11.6 Å². The number of hydrogen-bond donors (Lipinski definition) is 1. The van der Waals surface area contributed by atoms with E-state index in [1.54, 1.807) is 0 Å². The number of nitro groups is 1. The Morgan fingerprint density at radius 3 is 2.62 bits per heavy atom. The summed E-state index contributed by atoms with van der Waals surface area (Å²) < 4.78 is 0. The van der Waals surface area contributed by atoms with E-state index < -0.39 is 16.4 Å². The van der Waals surface area contributed by atoms with Crippen molar-refractivity contribution in [2.45, 2.75) is 37.6 Å². The van der Waals surface area contributed by atoms with Crippen LogP contribution in [0.2, 0.25) is 5.02 Å². The van der Waals surface area contributed by atoms with E-state index in [9.17, 15) is 20.2 Å². The summed E-state index contributed by atoms with van der Waals surface area (Å²) in [4.78, 5) is 22.7. The van der Waals surface area contributed by atoms with E-state index in [1.165, 1.54) is 18.2 Å². The van der Waals surface area contributed by atoms with Crippen molar-refractivity contribution in [1.29, 1.82) is 5.26 Å². The Morgan fingerprint density at radius 1 is 1.38 bits per heavy atom. The standard InChI is InChI=1S/C14H14ClN3O3/c15-10-4-5-12(18(20)21)11(8-10)13(19)17-14(9-16)6-2-1-3-7-14/h4-5,8H,1-3,6-7H2,(H,17,19). The van der Waals surface area contributed by atoms with Gasteiger partial charge in [0.2, 0.25) is 0 Å². The molecule has 0 aliphatic heterocycles. The second-order valence-corrected chi connectivity index (χ2v) is 5.56. The van der Waals surface area contributed by atoms with Crippen molar-refractivity contribution in [3.05, 3.63) is 38.9 Å². The molecular weight excluding hydrogens is 294 g/mol. The normalized spacial score (nSPS) is 16.8. The van der Waals surface area contributed by atoms with Crippen molar-refractivity contribution in [1.82, 2.24) is 5.32 Å². The van der Waals surface area contributed by atoms with Crippen LogP contribution in [0.25, 0.3) is 0 Å². The zero-order chi connectivity index (χ0) is 15.5. The molecule has 1 amide bonds. The lowest BCUT2D eigenvalue weighted by Crippen LogP contribution is -2.48. The van der Waals surface area contributed by atoms with E-state index in [0.717, 1.165) is 19.3 Å². The van der Waals surface area contributed by atoms with E-state index >= 15 is 0 Å². The molecule has 1 fully saturated rings. The predicted octanol–water partition coefficient (Wildman–Crippen LogP) is 3.20. The summed E-state index contributed by atoms with van der Waals surface area (Å²) in [5.74, 6) is -0.632. The second-order valence-electron chi connectivity index (χ2n) is 5.13. The first-order valence-corrected chi connectivity index (χ1v) is 7.03. The zero-order valence-corrected chi connectivity index (χ0v) is 12.0. The van der Waals surface area contributed by atoms with Crippen molar-refractivity contribution in [2.75, 3.05) is 0 Å². The maximum atomic E-state index is 12.3. The molecule has 0 saturated heterocycles. The first-order chi connectivity index (χ1) is 9.97. The predicted molar refractivity (Wildman–Crippen MR) is 77.0 cm³/mol. The Balaban J connectivity index is 2.30. The maximum absolute atomic E-state index is 12.3. The van der Waals surface area contributed by atoms with Crippen molar-refractivity contribution >= 4 is 23.2 Å². The number of rotatable bonds is 3. The fraction of sp³-hybridized carbons (Fsp3) is 0.429. The van der Waals surface area contributed by atoms with Crippen LogP contribution in [-0.4, -0.2) is 16.4 Å². The molecule has 1 aliphatic carbocycles. The lowest BCUT2D eigenvalue weighted by atomic mass is 9.82. The number of amides is 1. The maximum Gasteiger partial charge on any atom is 0.282 e.